The average molecular weight is 1470 g/mol. The monoisotopic (exact) mass is 1470 g/mol. The Hall–Kier alpha value is -3.30. The van der Waals surface area contributed by atoms with Crippen molar-refractivity contribution in [3.05, 3.63) is 11.6 Å². The molecule has 0 aromatic rings. The number of allylic oxidation sites excluding steroid dienone is 2. The summed E-state index contributed by atoms with van der Waals surface area (Å²) in [4.78, 5) is 58.2. The van der Waals surface area contributed by atoms with Gasteiger partial charge in [-0.15, -0.1) is 0 Å². The maximum absolute atomic E-state index is 16.1. The number of carbonyl (C=O) groups is 4. The van der Waals surface area contributed by atoms with Gasteiger partial charge < -0.3 is 158 Å². The maximum Gasteiger partial charge on any atom is 0.335 e. The Labute approximate surface area is 586 Å². The molecule has 38 atom stereocenters. The Balaban J connectivity index is 0.827. The molecule has 12 rings (SSSR count). The van der Waals surface area contributed by atoms with Gasteiger partial charge in [0.15, 0.2) is 43.5 Å². The molecule has 0 aromatic heterocycles. The number of carboxylic acid groups (broad SMARTS) is 1. The highest BCUT2D eigenvalue weighted by Crippen LogP contribution is 2.76. The lowest BCUT2D eigenvalue weighted by Gasteiger charge is -2.71. The summed E-state index contributed by atoms with van der Waals surface area (Å²) >= 11 is 0. The van der Waals surface area contributed by atoms with Crippen LogP contribution < -0.4 is 0 Å². The van der Waals surface area contributed by atoms with E-state index in [2.05, 4.69) is 26.8 Å². The fourth-order valence-corrected chi connectivity index (χ4v) is 20.2. The van der Waals surface area contributed by atoms with Crippen molar-refractivity contribution in [3.8, 4) is 0 Å². The van der Waals surface area contributed by atoms with Gasteiger partial charge in [0, 0.05) is 7.05 Å². The number of likely N-dealkylation sites (N-methyl/N-ethyl adjacent to an activating group) is 1. The lowest BCUT2D eigenvalue weighted by molar-refractivity contribution is -0.469. The first kappa shape index (κ1) is 78.3. The summed E-state index contributed by atoms with van der Waals surface area (Å²) in [6.07, 6.45) is -44.3. The molecule has 4 saturated carbocycles. The number of fused-ring (bicyclic) bond motifs is 8. The molecule has 0 spiro atoms. The van der Waals surface area contributed by atoms with Crippen LogP contribution in [0.1, 0.15) is 99.3 Å². The molecular formula is C67H103NO34. The number of aldehydes is 1. The van der Waals surface area contributed by atoms with Crippen molar-refractivity contribution in [2.75, 3.05) is 46.7 Å². The van der Waals surface area contributed by atoms with Crippen LogP contribution in [0.25, 0.3) is 0 Å². The Kier molecular flexibility index (Phi) is 22.0. The van der Waals surface area contributed by atoms with Crippen LogP contribution in [0.4, 0.5) is 0 Å². The number of aliphatic hydroxyl groups excluding tert-OH is 17. The van der Waals surface area contributed by atoms with Crippen LogP contribution in [0.2, 0.25) is 0 Å². The van der Waals surface area contributed by atoms with Crippen molar-refractivity contribution in [2.24, 2.45) is 50.2 Å². The van der Waals surface area contributed by atoms with E-state index in [1.807, 2.05) is 13.8 Å². The zero-order chi connectivity index (χ0) is 74.4. The van der Waals surface area contributed by atoms with Gasteiger partial charge >= 0.3 is 11.9 Å². The van der Waals surface area contributed by atoms with Crippen LogP contribution in [0.15, 0.2) is 11.6 Å². The quantitative estimate of drug-likeness (QED) is 0.0262. The number of carbonyl (C=O) groups excluding carboxylic acids is 3. The highest BCUT2D eigenvalue weighted by molar-refractivity contribution is 5.81. The van der Waals surface area contributed by atoms with Crippen LogP contribution in [0.5, 0.6) is 0 Å². The lowest BCUT2D eigenvalue weighted by atomic mass is 9.33. The summed E-state index contributed by atoms with van der Waals surface area (Å²) in [6, 6.07) is -1.42. The molecular weight excluding hydrogens is 1360 g/mol. The van der Waals surface area contributed by atoms with E-state index in [1.165, 1.54) is 7.05 Å². The zero-order valence-electron chi connectivity index (χ0n) is 57.8. The number of aliphatic carboxylic acids is 1. The molecule has 17 unspecified atom stereocenters. The fourth-order valence-electron chi connectivity index (χ4n) is 20.2. The molecule has 0 radical (unpaired) electrons. The van der Waals surface area contributed by atoms with Gasteiger partial charge in [0.2, 0.25) is 5.91 Å². The molecule has 0 bridgehead atoms. The van der Waals surface area contributed by atoms with E-state index in [9.17, 15) is 106 Å². The summed E-state index contributed by atoms with van der Waals surface area (Å²) in [7, 11) is 1.26. The maximum atomic E-state index is 16.1. The number of hydrogen-bond acceptors (Lipinski definition) is 33. The molecule has 580 valence electrons. The van der Waals surface area contributed by atoms with Gasteiger partial charge in [-0.2, -0.15) is 0 Å². The Morgan fingerprint density at radius 1 is 0.598 bits per heavy atom. The number of aliphatic hydroxyl groups is 17. The van der Waals surface area contributed by atoms with E-state index in [1.54, 1.807) is 6.92 Å². The van der Waals surface area contributed by atoms with Crippen molar-refractivity contribution in [1.82, 2.24) is 4.90 Å². The van der Waals surface area contributed by atoms with Crippen LogP contribution in [0.3, 0.4) is 0 Å². The fraction of sp³-hybridized carbons (Fsp3) is 0.910. The van der Waals surface area contributed by atoms with Crippen molar-refractivity contribution in [3.63, 3.8) is 0 Å². The number of amides is 1. The topological polar surface area (TPSA) is 546 Å². The Morgan fingerprint density at radius 3 is 1.85 bits per heavy atom. The molecule has 5 aliphatic carbocycles. The van der Waals surface area contributed by atoms with E-state index < -0.39 is 285 Å². The molecule has 1 amide bonds. The molecule has 35 heteroatoms. The van der Waals surface area contributed by atoms with Crippen molar-refractivity contribution in [1.29, 1.82) is 0 Å². The van der Waals surface area contributed by atoms with E-state index >= 15 is 4.79 Å². The smallest absolute Gasteiger partial charge is 0.335 e. The molecule has 7 saturated heterocycles. The first-order valence-electron chi connectivity index (χ1n) is 35.3. The van der Waals surface area contributed by atoms with E-state index in [-0.39, 0.29) is 25.2 Å². The molecule has 7 heterocycles. The van der Waals surface area contributed by atoms with Gasteiger partial charge in [-0.3, -0.25) is 9.59 Å². The van der Waals surface area contributed by atoms with Crippen LogP contribution in [-0.2, 0) is 76.0 Å². The van der Waals surface area contributed by atoms with Crippen LogP contribution in [0, 0.1) is 50.2 Å². The third-order valence-corrected chi connectivity index (χ3v) is 26.4. The second kappa shape index (κ2) is 28.6. The molecule has 7 aliphatic heterocycles. The minimum absolute atomic E-state index is 0.0121. The summed E-state index contributed by atoms with van der Waals surface area (Å²) in [5, 5.41) is 197. The summed E-state index contributed by atoms with van der Waals surface area (Å²) in [5.74, 6) is -7.69. The predicted octanol–water partition coefficient (Wildman–Crippen LogP) is -6.97. The highest BCUT2D eigenvalue weighted by atomic mass is 16.8. The Bertz CT molecular complexity index is 3080. The summed E-state index contributed by atoms with van der Waals surface area (Å²) in [6.45, 7) is 7.66. The summed E-state index contributed by atoms with van der Waals surface area (Å²) < 4.78 is 72.6. The standard InChI is InChI=1S/C67H103NO34/c1-61(2)14-15-66(60(90)102-67(53-44(83)38(77)27(73)21-91-53)54-50(101-67)42(81)37(29(18-69)94-54)68(7)36(76)23-93-56-46(85)41(80)31(20-71)95-56)26(16-61)25-8-9-33-62(3)12-11-35(63(4,24-72)32(62)10-13-64(33,5)65(25,6)17-34(66)75)97-59-52(100-58-47(86)43(82)40(79)30(19-70)96-58)49(48(87)51(99-59)55(88)89)98-57-45(84)39(78)28(74)22-92-57/h8,24,26-35,37-54,56-59,69-71,73-75,77-87H,9-23H2,1-7H3,(H,88,89)/t26?,27-,28-,29?,30?,31+,32-,33?,34?,35+,37+,38?,39+,40+,41?,42?,43+,44?,45?,46?,47?,48+,49+,50?,51?,52?,53-,54-,56-,57+,58+,59-,62?,63-,64+,65-,66-,67?/m1/s1. The van der Waals surface area contributed by atoms with Gasteiger partial charge in [0.25, 0.3) is 5.79 Å². The average Bonchev–Trinajstić information content (AvgIpc) is 0.714. The largest absolute Gasteiger partial charge is 0.479 e. The number of nitrogens with zero attached hydrogens (tertiary/aromatic N) is 1. The minimum Gasteiger partial charge on any atom is -0.479 e. The predicted molar refractivity (Wildman–Crippen MR) is 333 cm³/mol. The van der Waals surface area contributed by atoms with Crippen molar-refractivity contribution < 1.29 is 168 Å². The molecule has 102 heavy (non-hydrogen) atoms. The molecule has 35 nitrogen and oxygen atoms in total. The minimum atomic E-state index is -2.57. The number of hydrogen-bond donors (Lipinski definition) is 18. The first-order valence-corrected chi connectivity index (χ1v) is 35.3. The van der Waals surface area contributed by atoms with Gasteiger partial charge in [-0.25, -0.2) is 4.79 Å². The molecule has 18 N–H and O–H groups in total. The van der Waals surface area contributed by atoms with Crippen molar-refractivity contribution >= 4 is 24.1 Å². The zero-order valence-corrected chi connectivity index (χ0v) is 57.8. The van der Waals surface area contributed by atoms with Gasteiger partial charge in [-0.1, -0.05) is 53.2 Å². The lowest BCUT2D eigenvalue weighted by Crippen LogP contribution is -2.84. The molecule has 0 aromatic carbocycles. The Morgan fingerprint density at radius 2 is 1.21 bits per heavy atom. The van der Waals surface area contributed by atoms with Crippen LogP contribution in [-0.4, -0.2) is 351 Å². The molecule has 11 fully saturated rings. The number of esters is 1. The van der Waals surface area contributed by atoms with Gasteiger partial charge in [0.05, 0.1) is 56.7 Å². The van der Waals surface area contributed by atoms with Gasteiger partial charge in [-0.05, 0) is 97.2 Å². The number of carboxylic acids is 1. The van der Waals surface area contributed by atoms with E-state index in [0.717, 1.165) is 16.8 Å². The van der Waals surface area contributed by atoms with Crippen LogP contribution >= 0.6 is 0 Å². The number of rotatable bonds is 18. The summed E-state index contributed by atoms with van der Waals surface area (Å²) in [5.41, 5.74) is -5.15. The van der Waals surface area contributed by atoms with E-state index in [0.29, 0.717) is 38.5 Å². The van der Waals surface area contributed by atoms with E-state index in [4.69, 9.17) is 56.8 Å². The number of ether oxygens (including phenoxy) is 12. The third-order valence-electron chi connectivity index (χ3n) is 26.4. The van der Waals surface area contributed by atoms with Crippen molar-refractivity contribution in [2.45, 2.75) is 283 Å². The highest BCUT2D eigenvalue weighted by Gasteiger charge is 2.77. The second-order valence-electron chi connectivity index (χ2n) is 32.3. The first-order chi connectivity index (χ1) is 47.9. The molecule has 12 aliphatic rings. The normalized spacial score (nSPS) is 53.5. The SMILES string of the molecule is CN(C(=O)CO[C@@H]1O[C@@H](CO)C(O)C1O)[C@H]1C(CO)O[C@@H]2C(OC2(OC(=O)[C@]23CCC(C)(C)CC2C2=CCC4C5(C)CC[C@H](O[C@@H]6OC(C(=O)O)[C@@H](O)[C@H](O[C@@H]7OC[C@@H](O)[C@H](O)C7O)C6O[C@@H]6OC(CO)[C@H](O)[C@H](O)C6O)[C@](C)(C=O)[C@@H]5CC[C@]4(C)[C@]2(C)CC3O)[C@@H]2OC[C@@H](O)C(O)C2O)C1O. The second-order valence-corrected chi connectivity index (χ2v) is 32.3. The third kappa shape index (κ3) is 12.4. The van der Waals surface area contributed by atoms with Gasteiger partial charge in [0.1, 0.15) is 134 Å².